The van der Waals surface area contributed by atoms with Gasteiger partial charge in [0.15, 0.2) is 23.4 Å². The summed E-state index contributed by atoms with van der Waals surface area (Å²) in [6.07, 6.45) is 4.09. The van der Waals surface area contributed by atoms with E-state index in [1.165, 1.54) is 14.2 Å². The fourth-order valence-electron chi connectivity index (χ4n) is 5.01. The molecule has 4 N–H and O–H groups in total. The Bertz CT molecular complexity index is 1170. The van der Waals surface area contributed by atoms with E-state index >= 15 is 0 Å². The molecule has 8 nitrogen and oxygen atoms in total. The standard InChI is InChI=1S/C29H32O8/c1-36-28(24(30)26(32)33,20-12-6-3-7-13-20)22-16-10-5-11-17-23(19-18-22)29(37-2,25(31)27(34)35)21-14-8-4-9-15-21/h3-10,12-16,19,24-25,30-31H,11,17-18H2,1-2H3,(H,32,33)(H,34,35)/b10-5-,22-16+,23-19+/t24-,25-,28?,29?/m1/s1. The van der Waals surface area contributed by atoms with E-state index in [-0.39, 0.29) is 6.42 Å². The van der Waals surface area contributed by atoms with Crippen LogP contribution in [0.25, 0.3) is 0 Å². The molecule has 196 valence electrons. The molecule has 0 aromatic heterocycles. The zero-order chi connectivity index (χ0) is 27.1. The number of aliphatic carboxylic acids is 2. The number of hydrogen-bond acceptors (Lipinski definition) is 6. The van der Waals surface area contributed by atoms with Gasteiger partial charge in [0.25, 0.3) is 0 Å². The number of aliphatic hydroxyl groups is 2. The van der Waals surface area contributed by atoms with Gasteiger partial charge in [-0.3, -0.25) is 0 Å². The number of aliphatic hydroxyl groups excluding tert-OH is 2. The van der Waals surface area contributed by atoms with Crippen LogP contribution in [0.3, 0.4) is 0 Å². The van der Waals surface area contributed by atoms with E-state index in [2.05, 4.69) is 0 Å². The second-order valence-electron chi connectivity index (χ2n) is 8.69. The van der Waals surface area contributed by atoms with Gasteiger partial charge in [0.1, 0.15) is 0 Å². The van der Waals surface area contributed by atoms with Crippen molar-refractivity contribution in [2.75, 3.05) is 14.2 Å². The molecule has 0 bridgehead atoms. The lowest BCUT2D eigenvalue weighted by Gasteiger charge is -2.39. The maximum Gasteiger partial charge on any atom is 0.336 e. The van der Waals surface area contributed by atoms with Crippen LogP contribution in [0.5, 0.6) is 0 Å². The summed E-state index contributed by atoms with van der Waals surface area (Å²) in [6, 6.07) is 17.2. The van der Waals surface area contributed by atoms with Crippen molar-refractivity contribution in [1.29, 1.82) is 0 Å². The highest BCUT2D eigenvalue weighted by molar-refractivity contribution is 5.76. The van der Waals surface area contributed by atoms with Crippen molar-refractivity contribution in [3.63, 3.8) is 0 Å². The molecule has 8 heteroatoms. The van der Waals surface area contributed by atoms with Crippen LogP contribution in [0.15, 0.2) is 96.1 Å². The van der Waals surface area contributed by atoms with Crippen molar-refractivity contribution in [2.24, 2.45) is 0 Å². The molecular weight excluding hydrogens is 476 g/mol. The van der Waals surface area contributed by atoms with Crippen molar-refractivity contribution in [3.05, 3.63) is 107 Å². The molecule has 1 aliphatic carbocycles. The normalized spacial score (nSPS) is 22.7. The van der Waals surface area contributed by atoms with E-state index in [4.69, 9.17) is 9.47 Å². The van der Waals surface area contributed by atoms with Gasteiger partial charge in [0.05, 0.1) is 0 Å². The molecule has 0 radical (unpaired) electrons. The van der Waals surface area contributed by atoms with Crippen LogP contribution in [0, 0.1) is 0 Å². The van der Waals surface area contributed by atoms with E-state index in [0.717, 1.165) is 0 Å². The Labute approximate surface area is 215 Å². The molecule has 0 saturated carbocycles. The highest BCUT2D eigenvalue weighted by atomic mass is 16.5. The number of methoxy groups -OCH3 is 2. The number of allylic oxidation sites excluding steroid dienone is 4. The lowest BCUT2D eigenvalue weighted by Crippen LogP contribution is -2.48. The Morgan fingerprint density at radius 3 is 1.68 bits per heavy atom. The number of rotatable bonds is 10. The number of carboxylic acids is 2. The first kappa shape index (κ1) is 28.0. The molecule has 2 unspecified atom stereocenters. The van der Waals surface area contributed by atoms with Crippen LogP contribution in [-0.2, 0) is 30.3 Å². The number of carbonyl (C=O) groups is 2. The van der Waals surface area contributed by atoms with Gasteiger partial charge >= 0.3 is 11.9 Å². The van der Waals surface area contributed by atoms with Crippen molar-refractivity contribution in [2.45, 2.75) is 42.7 Å². The second-order valence-corrected chi connectivity index (χ2v) is 8.69. The van der Waals surface area contributed by atoms with Gasteiger partial charge in [-0.2, -0.15) is 0 Å². The Morgan fingerprint density at radius 2 is 1.24 bits per heavy atom. The van der Waals surface area contributed by atoms with Gasteiger partial charge in [-0.1, -0.05) is 85.0 Å². The van der Waals surface area contributed by atoms with Crippen LogP contribution in [-0.4, -0.2) is 58.8 Å². The van der Waals surface area contributed by atoms with E-state index in [0.29, 0.717) is 35.1 Å². The summed E-state index contributed by atoms with van der Waals surface area (Å²) in [5.74, 6) is -2.91. The summed E-state index contributed by atoms with van der Waals surface area (Å²) in [7, 11) is 2.68. The summed E-state index contributed by atoms with van der Waals surface area (Å²) in [5.41, 5.74) is -1.63. The summed E-state index contributed by atoms with van der Waals surface area (Å²) >= 11 is 0. The molecule has 1 aliphatic rings. The van der Waals surface area contributed by atoms with Gasteiger partial charge in [-0.15, -0.1) is 0 Å². The number of hydrogen-bond donors (Lipinski definition) is 4. The fraction of sp³-hybridized carbons (Fsp3) is 0.310. The van der Waals surface area contributed by atoms with Gasteiger partial charge < -0.3 is 29.9 Å². The zero-order valence-corrected chi connectivity index (χ0v) is 20.8. The lowest BCUT2D eigenvalue weighted by molar-refractivity contribution is -0.165. The molecule has 0 amide bonds. The van der Waals surface area contributed by atoms with E-state index in [9.17, 15) is 30.0 Å². The number of benzene rings is 2. The zero-order valence-electron chi connectivity index (χ0n) is 20.8. The minimum atomic E-state index is -1.94. The van der Waals surface area contributed by atoms with Crippen LogP contribution in [0.1, 0.15) is 30.4 Å². The quantitative estimate of drug-likeness (QED) is 0.358. The van der Waals surface area contributed by atoms with Gasteiger partial charge in [0.2, 0.25) is 0 Å². The smallest absolute Gasteiger partial charge is 0.336 e. The molecule has 0 spiro atoms. The predicted octanol–water partition coefficient (Wildman–Crippen LogP) is 3.55. The van der Waals surface area contributed by atoms with Crippen molar-refractivity contribution >= 4 is 11.9 Å². The van der Waals surface area contributed by atoms with Gasteiger partial charge in [-0.25, -0.2) is 9.59 Å². The van der Waals surface area contributed by atoms with Gasteiger partial charge in [0, 0.05) is 14.2 Å². The summed E-state index contributed by atoms with van der Waals surface area (Å²) in [4.78, 5) is 24.1. The molecule has 0 heterocycles. The number of ether oxygens (including phenoxy) is 2. The van der Waals surface area contributed by atoms with Crippen LogP contribution in [0.4, 0.5) is 0 Å². The average molecular weight is 509 g/mol. The maximum absolute atomic E-state index is 12.1. The SMILES string of the molecule is COC(/C1=C/C=C\CC/C(C(OC)(c2ccccc2)[C@H](O)C(=O)O)=C\C1)(c1ccccc1)[C@H](O)C(=O)O. The van der Waals surface area contributed by atoms with Crippen LogP contribution < -0.4 is 0 Å². The molecule has 2 aromatic carbocycles. The van der Waals surface area contributed by atoms with E-state index in [1.54, 1.807) is 78.9 Å². The molecule has 3 rings (SSSR count). The Kier molecular flexibility index (Phi) is 9.18. The number of carboxylic acid groups (broad SMARTS) is 2. The minimum Gasteiger partial charge on any atom is -0.479 e. The molecule has 4 atom stereocenters. The Balaban J connectivity index is 2.24. The predicted molar refractivity (Wildman–Crippen MR) is 137 cm³/mol. The average Bonchev–Trinajstić information content (AvgIpc) is 3.04. The third-order valence-electron chi connectivity index (χ3n) is 6.82. The van der Waals surface area contributed by atoms with Crippen molar-refractivity contribution in [3.8, 4) is 0 Å². The maximum atomic E-state index is 12.1. The fourth-order valence-corrected chi connectivity index (χ4v) is 5.01. The largest absolute Gasteiger partial charge is 0.479 e. The highest BCUT2D eigenvalue weighted by Gasteiger charge is 2.49. The highest BCUT2D eigenvalue weighted by Crippen LogP contribution is 2.43. The topological polar surface area (TPSA) is 134 Å². The second kappa shape index (κ2) is 12.1. The first-order valence-electron chi connectivity index (χ1n) is 11.8. The van der Waals surface area contributed by atoms with Crippen LogP contribution in [0.2, 0.25) is 0 Å². The molecule has 37 heavy (non-hydrogen) atoms. The van der Waals surface area contributed by atoms with Crippen molar-refractivity contribution in [1.82, 2.24) is 0 Å². The lowest BCUT2D eigenvalue weighted by atomic mass is 9.76. The van der Waals surface area contributed by atoms with Crippen LogP contribution >= 0.6 is 0 Å². The Morgan fingerprint density at radius 1 is 0.784 bits per heavy atom. The first-order valence-corrected chi connectivity index (χ1v) is 11.8. The van der Waals surface area contributed by atoms with E-state index < -0.39 is 35.3 Å². The summed E-state index contributed by atoms with van der Waals surface area (Å²) in [6.45, 7) is 0. The van der Waals surface area contributed by atoms with E-state index in [1.807, 2.05) is 6.08 Å². The van der Waals surface area contributed by atoms with Crippen molar-refractivity contribution < 1.29 is 39.5 Å². The molecule has 0 aliphatic heterocycles. The first-order chi connectivity index (χ1) is 17.8. The summed E-state index contributed by atoms with van der Waals surface area (Å²) < 4.78 is 11.6. The molecule has 0 saturated heterocycles. The Hall–Kier alpha value is -3.56. The molecular formula is C29H32O8. The van der Waals surface area contributed by atoms with Gasteiger partial charge in [-0.05, 0) is 41.5 Å². The molecule has 2 aromatic rings. The third kappa shape index (κ3) is 5.28. The third-order valence-corrected chi connectivity index (χ3v) is 6.82. The minimum absolute atomic E-state index is 0.0804. The summed E-state index contributed by atoms with van der Waals surface area (Å²) in [5, 5.41) is 41.5. The monoisotopic (exact) mass is 508 g/mol. The molecule has 0 fully saturated rings.